The Bertz CT molecular complexity index is 790. The predicted octanol–water partition coefficient (Wildman–Crippen LogP) is 3.64. The summed E-state index contributed by atoms with van der Waals surface area (Å²) in [6.45, 7) is 2.24. The van der Waals surface area contributed by atoms with Gasteiger partial charge in [-0.15, -0.1) is 0 Å². The molecule has 0 aliphatic rings. The molecule has 24 heavy (non-hydrogen) atoms. The first-order valence-corrected chi connectivity index (χ1v) is 7.72. The minimum absolute atomic E-state index is 0.159. The first kappa shape index (κ1) is 15.9. The molecule has 5 heteroatoms. The van der Waals surface area contributed by atoms with Gasteiger partial charge in [-0.05, 0) is 43.3 Å². The van der Waals surface area contributed by atoms with Crippen molar-refractivity contribution in [2.45, 2.75) is 13.0 Å². The van der Waals surface area contributed by atoms with E-state index in [9.17, 15) is 4.79 Å². The van der Waals surface area contributed by atoms with Crippen molar-refractivity contribution >= 4 is 16.9 Å². The summed E-state index contributed by atoms with van der Waals surface area (Å²) >= 11 is 0. The molecule has 1 unspecified atom stereocenters. The van der Waals surface area contributed by atoms with Gasteiger partial charge in [0.15, 0.2) is 5.76 Å². The van der Waals surface area contributed by atoms with Gasteiger partial charge in [0.05, 0.1) is 13.2 Å². The van der Waals surface area contributed by atoms with Crippen LogP contribution in [0.25, 0.3) is 11.0 Å². The summed E-state index contributed by atoms with van der Waals surface area (Å²) in [6.07, 6.45) is 0. The standard InChI is InChI=1S/C19H19NO4/c1-13(12-23-16-9-7-15(22-2)8-10-16)20-19(21)18-11-14-5-3-4-6-17(14)24-18/h3-11,13H,12H2,1-2H3,(H,20,21). The normalized spacial score (nSPS) is 11.9. The number of fused-ring (bicyclic) bond motifs is 1. The predicted molar refractivity (Wildman–Crippen MR) is 91.6 cm³/mol. The highest BCUT2D eigenvalue weighted by molar-refractivity contribution is 5.96. The van der Waals surface area contributed by atoms with Crippen LogP contribution in [0.1, 0.15) is 17.5 Å². The van der Waals surface area contributed by atoms with Crippen molar-refractivity contribution in [2.24, 2.45) is 0 Å². The fourth-order valence-electron chi connectivity index (χ4n) is 2.32. The molecule has 1 amide bonds. The first-order chi connectivity index (χ1) is 11.7. The smallest absolute Gasteiger partial charge is 0.287 e. The van der Waals surface area contributed by atoms with Gasteiger partial charge in [0.25, 0.3) is 5.91 Å². The zero-order valence-corrected chi connectivity index (χ0v) is 13.6. The summed E-state index contributed by atoms with van der Waals surface area (Å²) in [5, 5.41) is 3.77. The largest absolute Gasteiger partial charge is 0.497 e. The third kappa shape index (κ3) is 3.68. The summed E-state index contributed by atoms with van der Waals surface area (Å²) in [5.74, 6) is 1.54. The number of hydrogen-bond donors (Lipinski definition) is 1. The number of carbonyl (C=O) groups is 1. The zero-order chi connectivity index (χ0) is 16.9. The van der Waals surface area contributed by atoms with Crippen molar-refractivity contribution in [2.75, 3.05) is 13.7 Å². The number of carbonyl (C=O) groups excluding carboxylic acids is 1. The van der Waals surface area contributed by atoms with Gasteiger partial charge < -0.3 is 19.2 Å². The average Bonchev–Trinajstić information content (AvgIpc) is 3.05. The van der Waals surface area contributed by atoms with E-state index in [-0.39, 0.29) is 11.9 Å². The summed E-state index contributed by atoms with van der Waals surface area (Å²) in [6, 6.07) is 16.4. The second-order valence-corrected chi connectivity index (χ2v) is 5.51. The van der Waals surface area contributed by atoms with E-state index in [1.807, 2.05) is 55.5 Å². The van der Waals surface area contributed by atoms with E-state index < -0.39 is 0 Å². The number of benzene rings is 2. The van der Waals surface area contributed by atoms with Crippen molar-refractivity contribution in [3.63, 3.8) is 0 Å². The molecule has 0 saturated carbocycles. The highest BCUT2D eigenvalue weighted by atomic mass is 16.5. The van der Waals surface area contributed by atoms with Gasteiger partial charge in [0, 0.05) is 5.39 Å². The molecule has 5 nitrogen and oxygen atoms in total. The summed E-state index contributed by atoms with van der Waals surface area (Å²) in [5.41, 5.74) is 0.699. The Kier molecular flexibility index (Phi) is 4.70. The van der Waals surface area contributed by atoms with Crippen LogP contribution in [0, 0.1) is 0 Å². The van der Waals surface area contributed by atoms with E-state index in [0.29, 0.717) is 18.0 Å². The minimum atomic E-state index is -0.253. The molecule has 0 radical (unpaired) electrons. The van der Waals surface area contributed by atoms with E-state index in [1.54, 1.807) is 13.2 Å². The molecule has 0 spiro atoms. The van der Waals surface area contributed by atoms with Crippen LogP contribution in [-0.4, -0.2) is 25.7 Å². The number of hydrogen-bond acceptors (Lipinski definition) is 4. The number of rotatable bonds is 6. The summed E-state index contributed by atoms with van der Waals surface area (Å²) in [7, 11) is 1.62. The molecule has 3 aromatic rings. The SMILES string of the molecule is COc1ccc(OCC(C)NC(=O)c2cc3ccccc3o2)cc1. The lowest BCUT2D eigenvalue weighted by atomic mass is 10.2. The molecule has 0 aliphatic heterocycles. The molecular formula is C19H19NO4. The molecule has 1 N–H and O–H groups in total. The maximum absolute atomic E-state index is 12.2. The Morgan fingerprint density at radius 1 is 1.12 bits per heavy atom. The van der Waals surface area contributed by atoms with Crippen molar-refractivity contribution in [3.05, 3.63) is 60.4 Å². The number of ether oxygens (including phenoxy) is 2. The van der Waals surface area contributed by atoms with E-state index in [4.69, 9.17) is 13.9 Å². The number of nitrogens with one attached hydrogen (secondary N) is 1. The van der Waals surface area contributed by atoms with Crippen molar-refractivity contribution in [1.29, 1.82) is 0 Å². The fraction of sp³-hybridized carbons (Fsp3) is 0.211. The lowest BCUT2D eigenvalue weighted by molar-refractivity contribution is 0.0901. The van der Waals surface area contributed by atoms with Gasteiger partial charge in [-0.25, -0.2) is 0 Å². The second-order valence-electron chi connectivity index (χ2n) is 5.51. The lowest BCUT2D eigenvalue weighted by Crippen LogP contribution is -2.36. The van der Waals surface area contributed by atoms with Gasteiger partial charge in [-0.2, -0.15) is 0 Å². The molecular weight excluding hydrogens is 306 g/mol. The number of methoxy groups -OCH3 is 1. The third-order valence-corrected chi connectivity index (χ3v) is 3.59. The van der Waals surface area contributed by atoms with Crippen LogP contribution in [0.5, 0.6) is 11.5 Å². The molecule has 0 bridgehead atoms. The quantitative estimate of drug-likeness (QED) is 0.751. The molecule has 1 aromatic heterocycles. The molecule has 0 aliphatic carbocycles. The Morgan fingerprint density at radius 3 is 2.54 bits per heavy atom. The van der Waals surface area contributed by atoms with E-state index in [2.05, 4.69) is 5.32 Å². The monoisotopic (exact) mass is 325 g/mol. The van der Waals surface area contributed by atoms with Crippen LogP contribution in [0.3, 0.4) is 0 Å². The number of para-hydroxylation sites is 1. The number of furan rings is 1. The van der Waals surface area contributed by atoms with Gasteiger partial charge >= 0.3 is 0 Å². The van der Waals surface area contributed by atoms with Gasteiger partial charge in [-0.1, -0.05) is 18.2 Å². The van der Waals surface area contributed by atoms with Crippen LogP contribution in [0.4, 0.5) is 0 Å². The van der Waals surface area contributed by atoms with Crippen molar-refractivity contribution < 1.29 is 18.7 Å². The van der Waals surface area contributed by atoms with Crippen LogP contribution < -0.4 is 14.8 Å². The fourth-order valence-corrected chi connectivity index (χ4v) is 2.32. The van der Waals surface area contributed by atoms with Crippen LogP contribution in [-0.2, 0) is 0 Å². The molecule has 1 heterocycles. The van der Waals surface area contributed by atoms with Crippen molar-refractivity contribution in [3.8, 4) is 11.5 Å². The topological polar surface area (TPSA) is 60.7 Å². The third-order valence-electron chi connectivity index (χ3n) is 3.59. The highest BCUT2D eigenvalue weighted by Crippen LogP contribution is 2.19. The van der Waals surface area contributed by atoms with Crippen LogP contribution in [0.2, 0.25) is 0 Å². The van der Waals surface area contributed by atoms with Crippen LogP contribution in [0.15, 0.2) is 59.0 Å². The van der Waals surface area contributed by atoms with E-state index >= 15 is 0 Å². The Labute approximate surface area is 140 Å². The van der Waals surface area contributed by atoms with E-state index in [1.165, 1.54) is 0 Å². The van der Waals surface area contributed by atoms with Gasteiger partial charge in [0.2, 0.25) is 0 Å². The van der Waals surface area contributed by atoms with Crippen molar-refractivity contribution in [1.82, 2.24) is 5.32 Å². The zero-order valence-electron chi connectivity index (χ0n) is 13.6. The summed E-state index contributed by atoms with van der Waals surface area (Å²) < 4.78 is 16.3. The molecule has 3 rings (SSSR count). The maximum Gasteiger partial charge on any atom is 0.287 e. The second kappa shape index (κ2) is 7.08. The molecule has 0 saturated heterocycles. The average molecular weight is 325 g/mol. The Morgan fingerprint density at radius 2 is 1.83 bits per heavy atom. The van der Waals surface area contributed by atoms with E-state index in [0.717, 1.165) is 16.9 Å². The molecule has 0 fully saturated rings. The summed E-state index contributed by atoms with van der Waals surface area (Å²) in [4.78, 5) is 12.2. The lowest BCUT2D eigenvalue weighted by Gasteiger charge is -2.14. The molecule has 2 aromatic carbocycles. The number of amides is 1. The Hall–Kier alpha value is -2.95. The molecule has 1 atom stereocenters. The first-order valence-electron chi connectivity index (χ1n) is 7.72. The van der Waals surface area contributed by atoms with Crippen LogP contribution >= 0.6 is 0 Å². The van der Waals surface area contributed by atoms with Gasteiger partial charge in [0.1, 0.15) is 23.7 Å². The van der Waals surface area contributed by atoms with Gasteiger partial charge in [-0.3, -0.25) is 4.79 Å². The Balaban J connectivity index is 1.55. The maximum atomic E-state index is 12.2. The molecule has 124 valence electrons. The highest BCUT2D eigenvalue weighted by Gasteiger charge is 2.15. The minimum Gasteiger partial charge on any atom is -0.497 e.